The molecule has 2 N–H and O–H groups in total. The van der Waals surface area contributed by atoms with Gasteiger partial charge >= 0.3 is 5.97 Å². The van der Waals surface area contributed by atoms with Gasteiger partial charge in [0, 0.05) is 17.9 Å². The minimum atomic E-state index is -1.20. The number of hydrogen-bond donors (Lipinski definition) is 2. The molecule has 9 heteroatoms. The van der Waals surface area contributed by atoms with Crippen molar-refractivity contribution in [1.29, 1.82) is 0 Å². The van der Waals surface area contributed by atoms with E-state index in [0.717, 1.165) is 17.1 Å². The molecule has 3 aromatic rings. The number of carbonyl (C=O) groups excluding carboxylic acids is 1. The fourth-order valence-corrected chi connectivity index (χ4v) is 4.28. The molecule has 4 rings (SSSR count). The van der Waals surface area contributed by atoms with Gasteiger partial charge in [0.1, 0.15) is 12.4 Å². The number of aromatic carboxylic acids is 1. The average Bonchev–Trinajstić information content (AvgIpc) is 3.16. The van der Waals surface area contributed by atoms with Gasteiger partial charge in [-0.05, 0) is 35.3 Å². The van der Waals surface area contributed by atoms with E-state index in [1.165, 1.54) is 13.2 Å². The minimum absolute atomic E-state index is 0.00656. The lowest BCUT2D eigenvalue weighted by Gasteiger charge is -2.23. The number of anilines is 1. The lowest BCUT2D eigenvalue weighted by Crippen LogP contribution is -2.23. The molecule has 154 valence electrons. The number of carbonyl (C=O) groups is 2. The summed E-state index contributed by atoms with van der Waals surface area (Å²) in [4.78, 5) is 24.3. The number of ether oxygens (including phenoxy) is 2. The van der Waals surface area contributed by atoms with E-state index in [0.29, 0.717) is 21.9 Å². The van der Waals surface area contributed by atoms with Crippen molar-refractivity contribution >= 4 is 29.1 Å². The summed E-state index contributed by atoms with van der Waals surface area (Å²) in [5.41, 5.74) is 1.21. The van der Waals surface area contributed by atoms with Crippen LogP contribution in [0.4, 0.5) is 10.1 Å². The molecule has 2 aromatic carbocycles. The molecule has 30 heavy (non-hydrogen) atoms. The fraction of sp³-hybridized carbons (Fsp3) is 0.190. The Hall–Kier alpha value is -3.46. The average molecular weight is 428 g/mol. The number of carboxylic acids is 1. The first-order valence-corrected chi connectivity index (χ1v) is 9.82. The Bertz CT molecular complexity index is 1130. The van der Waals surface area contributed by atoms with E-state index in [1.54, 1.807) is 36.4 Å². The van der Waals surface area contributed by atoms with Gasteiger partial charge in [-0.15, -0.1) is 0 Å². The summed E-state index contributed by atoms with van der Waals surface area (Å²) in [5.74, 6) is -1.37. The topological polar surface area (TPSA) is 97.8 Å². The number of carboxylic acid groups (broad SMARTS) is 1. The van der Waals surface area contributed by atoms with Gasteiger partial charge in [0.2, 0.25) is 5.91 Å². The van der Waals surface area contributed by atoms with E-state index < -0.39 is 5.97 Å². The number of halogens is 1. The SMILES string of the molecule is COc1ccc([C@H]2CC(=O)Nc3c(C(=O)O)nsc32)cc1OCc1ccccc1F. The highest BCUT2D eigenvalue weighted by atomic mass is 32.1. The van der Waals surface area contributed by atoms with Crippen LogP contribution >= 0.6 is 11.5 Å². The maximum atomic E-state index is 13.9. The van der Waals surface area contributed by atoms with Crippen molar-refractivity contribution in [2.24, 2.45) is 0 Å². The van der Waals surface area contributed by atoms with E-state index in [9.17, 15) is 19.1 Å². The first-order chi connectivity index (χ1) is 14.5. The molecule has 0 aliphatic carbocycles. The number of nitrogens with zero attached hydrogens (tertiary/aromatic N) is 1. The summed E-state index contributed by atoms with van der Waals surface area (Å²) in [6, 6.07) is 11.5. The molecular weight excluding hydrogens is 411 g/mol. The van der Waals surface area contributed by atoms with Crippen molar-refractivity contribution in [2.75, 3.05) is 12.4 Å². The molecule has 1 aliphatic heterocycles. The number of benzene rings is 2. The molecule has 1 amide bonds. The van der Waals surface area contributed by atoms with E-state index in [-0.39, 0.29) is 42.1 Å². The number of hydrogen-bond acceptors (Lipinski definition) is 6. The fourth-order valence-electron chi connectivity index (χ4n) is 3.34. The Morgan fingerprint density at radius 1 is 1.30 bits per heavy atom. The van der Waals surface area contributed by atoms with Crippen molar-refractivity contribution in [1.82, 2.24) is 4.37 Å². The standard InChI is InChI=1S/C21H17FN2O5S/c1-28-15-7-6-11(8-16(15)29-10-12-4-2-3-5-14(12)22)13-9-17(25)23-18-19(21(26)27)24-30-20(13)18/h2-8,13H,9-10H2,1H3,(H,23,25)(H,26,27)/t13-/m1/s1. The van der Waals surface area contributed by atoms with Crippen LogP contribution in [0.15, 0.2) is 42.5 Å². The molecule has 1 aromatic heterocycles. The molecule has 0 saturated heterocycles. The monoisotopic (exact) mass is 428 g/mol. The Balaban J connectivity index is 1.67. The molecule has 0 bridgehead atoms. The molecule has 2 heterocycles. The Morgan fingerprint density at radius 3 is 2.83 bits per heavy atom. The maximum absolute atomic E-state index is 13.9. The predicted octanol–water partition coefficient (Wildman–Crippen LogP) is 4.04. The van der Waals surface area contributed by atoms with Crippen LogP contribution in [0.25, 0.3) is 0 Å². The third kappa shape index (κ3) is 3.71. The normalized spacial score (nSPS) is 15.3. The lowest BCUT2D eigenvalue weighted by atomic mass is 9.90. The summed E-state index contributed by atoms with van der Waals surface area (Å²) in [5, 5.41) is 11.9. The molecule has 0 fully saturated rings. The molecule has 0 radical (unpaired) electrons. The third-order valence-corrected chi connectivity index (χ3v) is 5.78. The smallest absolute Gasteiger partial charge is 0.357 e. The molecule has 0 saturated carbocycles. The van der Waals surface area contributed by atoms with Gasteiger partial charge in [-0.25, -0.2) is 9.18 Å². The quantitative estimate of drug-likeness (QED) is 0.615. The van der Waals surface area contributed by atoms with Gasteiger partial charge in [0.25, 0.3) is 0 Å². The number of aromatic nitrogens is 1. The van der Waals surface area contributed by atoms with Gasteiger partial charge in [0.05, 0.1) is 17.7 Å². The molecule has 7 nitrogen and oxygen atoms in total. The van der Waals surface area contributed by atoms with Crippen molar-refractivity contribution in [2.45, 2.75) is 18.9 Å². The summed E-state index contributed by atoms with van der Waals surface area (Å²) in [6.07, 6.45) is 0.146. The van der Waals surface area contributed by atoms with E-state index in [4.69, 9.17) is 9.47 Å². The molecule has 1 aliphatic rings. The zero-order valence-electron chi connectivity index (χ0n) is 15.8. The number of methoxy groups -OCH3 is 1. The second-order valence-corrected chi connectivity index (χ2v) is 7.48. The van der Waals surface area contributed by atoms with Crippen LogP contribution in [-0.2, 0) is 11.4 Å². The second kappa shape index (κ2) is 8.11. The molecule has 0 spiro atoms. The number of fused-ring (bicyclic) bond motifs is 1. The zero-order valence-corrected chi connectivity index (χ0v) is 16.7. The largest absolute Gasteiger partial charge is 0.493 e. The Labute approximate surface area is 175 Å². The van der Waals surface area contributed by atoms with Gasteiger partial charge in [-0.1, -0.05) is 24.3 Å². The van der Waals surface area contributed by atoms with Gasteiger partial charge in [-0.2, -0.15) is 4.37 Å². The van der Waals surface area contributed by atoms with Crippen molar-refractivity contribution in [3.63, 3.8) is 0 Å². The summed E-state index contributed by atoms with van der Waals surface area (Å²) in [7, 11) is 1.50. The summed E-state index contributed by atoms with van der Waals surface area (Å²) < 4.78 is 29.1. The van der Waals surface area contributed by atoms with Crippen LogP contribution in [0.2, 0.25) is 0 Å². The van der Waals surface area contributed by atoms with E-state index in [1.807, 2.05) is 0 Å². The van der Waals surface area contributed by atoms with Crippen LogP contribution in [0, 0.1) is 5.82 Å². The van der Waals surface area contributed by atoms with Gasteiger partial charge in [-0.3, -0.25) is 4.79 Å². The number of rotatable bonds is 6. The van der Waals surface area contributed by atoms with Gasteiger partial charge < -0.3 is 19.9 Å². The van der Waals surface area contributed by atoms with Crippen LogP contribution in [0.1, 0.15) is 38.8 Å². The minimum Gasteiger partial charge on any atom is -0.493 e. The van der Waals surface area contributed by atoms with Crippen LogP contribution in [0.3, 0.4) is 0 Å². The number of amides is 1. The van der Waals surface area contributed by atoms with E-state index in [2.05, 4.69) is 9.69 Å². The Morgan fingerprint density at radius 2 is 2.10 bits per heavy atom. The first kappa shape index (κ1) is 19.8. The van der Waals surface area contributed by atoms with Crippen molar-refractivity contribution in [3.8, 4) is 11.5 Å². The van der Waals surface area contributed by atoms with E-state index >= 15 is 0 Å². The second-order valence-electron chi connectivity index (χ2n) is 6.67. The van der Waals surface area contributed by atoms with Crippen molar-refractivity contribution < 1.29 is 28.6 Å². The molecular formula is C21H17FN2O5S. The summed E-state index contributed by atoms with van der Waals surface area (Å²) in [6.45, 7) is 0.00656. The van der Waals surface area contributed by atoms with Crippen LogP contribution in [-0.4, -0.2) is 28.5 Å². The lowest BCUT2D eigenvalue weighted by molar-refractivity contribution is -0.116. The molecule has 1 atom stereocenters. The van der Waals surface area contributed by atoms with Crippen molar-refractivity contribution in [3.05, 3.63) is 70.0 Å². The van der Waals surface area contributed by atoms with Gasteiger partial charge in [0.15, 0.2) is 17.2 Å². The van der Waals surface area contributed by atoms with Crippen LogP contribution < -0.4 is 14.8 Å². The predicted molar refractivity (Wildman–Crippen MR) is 108 cm³/mol. The Kier molecular flexibility index (Phi) is 5.37. The third-order valence-electron chi connectivity index (χ3n) is 4.82. The highest BCUT2D eigenvalue weighted by Crippen LogP contribution is 2.43. The first-order valence-electron chi connectivity index (χ1n) is 9.04. The number of nitrogens with one attached hydrogen (secondary N) is 1. The summed E-state index contributed by atoms with van der Waals surface area (Å²) >= 11 is 1.05. The maximum Gasteiger partial charge on any atom is 0.357 e. The molecule has 0 unspecified atom stereocenters. The highest BCUT2D eigenvalue weighted by molar-refractivity contribution is 7.06. The zero-order chi connectivity index (χ0) is 21.3. The highest BCUT2D eigenvalue weighted by Gasteiger charge is 2.33. The van der Waals surface area contributed by atoms with Crippen LogP contribution in [0.5, 0.6) is 11.5 Å².